The van der Waals surface area contributed by atoms with E-state index in [0.29, 0.717) is 34.4 Å². The van der Waals surface area contributed by atoms with E-state index in [1.807, 2.05) is 31.2 Å². The second-order valence-electron chi connectivity index (χ2n) is 7.34. The maximum absolute atomic E-state index is 13.4. The number of fused-ring (bicyclic) bond motifs is 1. The van der Waals surface area contributed by atoms with Crippen molar-refractivity contribution < 1.29 is 19.1 Å². The van der Waals surface area contributed by atoms with Crippen LogP contribution in [-0.2, 0) is 19.1 Å². The smallest absolute Gasteiger partial charge is 0.267 e. The van der Waals surface area contributed by atoms with Gasteiger partial charge in [-0.3, -0.25) is 24.2 Å². The summed E-state index contributed by atoms with van der Waals surface area (Å²) in [5.74, 6) is -1.04. The molecule has 164 valence electrons. The molecule has 0 saturated carbocycles. The minimum atomic E-state index is -0.391. The summed E-state index contributed by atoms with van der Waals surface area (Å²) in [6.07, 6.45) is 0. The number of anilines is 2. The minimum Gasteiger partial charge on any atom is -0.383 e. The number of amides is 3. The fourth-order valence-electron chi connectivity index (χ4n) is 3.56. The summed E-state index contributed by atoms with van der Waals surface area (Å²) in [5, 5.41) is 2.81. The molecule has 7 nitrogen and oxygen atoms in total. The molecule has 2 aromatic carbocycles. The number of ether oxygens (including phenoxy) is 1. The minimum absolute atomic E-state index is 0.169. The van der Waals surface area contributed by atoms with Gasteiger partial charge in [-0.15, -0.1) is 0 Å². The summed E-state index contributed by atoms with van der Waals surface area (Å²) in [5.41, 5.74) is 3.22. The zero-order chi connectivity index (χ0) is 22.8. The number of benzene rings is 2. The molecular formula is C23H21N3O4S2. The molecule has 2 aromatic rings. The van der Waals surface area contributed by atoms with E-state index in [-0.39, 0.29) is 28.8 Å². The first-order valence-corrected chi connectivity index (χ1v) is 11.2. The highest BCUT2D eigenvalue weighted by molar-refractivity contribution is 8.26. The molecule has 1 N–H and O–H groups in total. The zero-order valence-electron chi connectivity index (χ0n) is 17.6. The molecule has 0 unspecified atom stereocenters. The van der Waals surface area contributed by atoms with Gasteiger partial charge in [0.15, 0.2) is 0 Å². The Balaban J connectivity index is 1.62. The van der Waals surface area contributed by atoms with Gasteiger partial charge >= 0.3 is 0 Å². The highest BCUT2D eigenvalue weighted by atomic mass is 32.2. The average Bonchev–Trinajstić information content (AvgIpc) is 3.20. The quantitative estimate of drug-likeness (QED) is 0.519. The number of rotatable bonds is 6. The van der Waals surface area contributed by atoms with Crippen LogP contribution < -0.4 is 10.2 Å². The van der Waals surface area contributed by atoms with Crippen molar-refractivity contribution >= 4 is 63.0 Å². The van der Waals surface area contributed by atoms with E-state index in [0.717, 1.165) is 17.3 Å². The lowest BCUT2D eigenvalue weighted by molar-refractivity contribution is -0.122. The molecular weight excluding hydrogens is 446 g/mol. The molecule has 32 heavy (non-hydrogen) atoms. The lowest BCUT2D eigenvalue weighted by Gasteiger charge is -2.17. The summed E-state index contributed by atoms with van der Waals surface area (Å²) in [6.45, 7) is 2.45. The van der Waals surface area contributed by atoms with Gasteiger partial charge in [0.05, 0.1) is 29.3 Å². The fraction of sp³-hybridized carbons (Fsp3) is 0.217. The number of carbonyl (C=O) groups excluding carboxylic acids is 3. The number of methoxy groups -OCH3 is 1. The molecule has 0 aliphatic carbocycles. The van der Waals surface area contributed by atoms with Gasteiger partial charge in [0.1, 0.15) is 10.9 Å². The van der Waals surface area contributed by atoms with Crippen LogP contribution in [0.2, 0.25) is 0 Å². The van der Waals surface area contributed by atoms with Crippen molar-refractivity contribution in [2.75, 3.05) is 37.0 Å². The Bertz CT molecular complexity index is 1140. The summed E-state index contributed by atoms with van der Waals surface area (Å²) in [4.78, 5) is 42.2. The molecule has 0 spiro atoms. The van der Waals surface area contributed by atoms with Gasteiger partial charge in [-0.2, -0.15) is 0 Å². The Hall–Kier alpha value is -3.01. The number of hydrogen-bond donors (Lipinski definition) is 1. The van der Waals surface area contributed by atoms with Crippen LogP contribution in [0.3, 0.4) is 0 Å². The number of thioether (sulfide) groups is 1. The molecule has 1 saturated heterocycles. The Morgan fingerprint density at radius 2 is 1.78 bits per heavy atom. The maximum Gasteiger partial charge on any atom is 0.267 e. The topological polar surface area (TPSA) is 79.0 Å². The monoisotopic (exact) mass is 467 g/mol. The molecule has 0 bridgehead atoms. The highest BCUT2D eigenvalue weighted by Gasteiger charge is 2.42. The third-order valence-corrected chi connectivity index (χ3v) is 6.60. The SMILES string of the molecule is COCCN1C(=O)C(=C2C(=O)N(CC(=O)Nc3ccc(C)cc3)c3ccccc32)SC1=S. The Morgan fingerprint density at radius 1 is 1.06 bits per heavy atom. The third-order valence-electron chi connectivity index (χ3n) is 5.16. The van der Waals surface area contributed by atoms with Crippen LogP contribution in [0, 0.1) is 6.92 Å². The van der Waals surface area contributed by atoms with E-state index in [9.17, 15) is 14.4 Å². The molecule has 0 aromatic heterocycles. The molecule has 0 atom stereocenters. The number of aryl methyl sites for hydroxylation is 1. The summed E-state index contributed by atoms with van der Waals surface area (Å²) in [6, 6.07) is 14.6. The van der Waals surface area contributed by atoms with Crippen molar-refractivity contribution in [3.05, 3.63) is 64.6 Å². The van der Waals surface area contributed by atoms with Crippen LogP contribution in [0.1, 0.15) is 11.1 Å². The van der Waals surface area contributed by atoms with Crippen molar-refractivity contribution in [2.24, 2.45) is 0 Å². The van der Waals surface area contributed by atoms with Gasteiger partial charge in [-0.05, 0) is 25.1 Å². The molecule has 1 fully saturated rings. The Morgan fingerprint density at radius 3 is 2.50 bits per heavy atom. The van der Waals surface area contributed by atoms with Crippen LogP contribution in [0.5, 0.6) is 0 Å². The predicted octanol–water partition coefficient (Wildman–Crippen LogP) is 3.20. The lowest BCUT2D eigenvalue weighted by Crippen LogP contribution is -2.35. The van der Waals surface area contributed by atoms with E-state index in [1.54, 1.807) is 31.4 Å². The van der Waals surface area contributed by atoms with Crippen LogP contribution in [0.25, 0.3) is 5.57 Å². The van der Waals surface area contributed by atoms with Gasteiger partial charge in [0.2, 0.25) is 5.91 Å². The second-order valence-corrected chi connectivity index (χ2v) is 8.99. The first-order valence-electron chi connectivity index (χ1n) is 9.95. The van der Waals surface area contributed by atoms with Gasteiger partial charge < -0.3 is 10.1 Å². The zero-order valence-corrected chi connectivity index (χ0v) is 19.2. The number of hydrogen-bond acceptors (Lipinski definition) is 6. The van der Waals surface area contributed by atoms with E-state index < -0.39 is 5.91 Å². The molecule has 3 amide bonds. The summed E-state index contributed by atoms with van der Waals surface area (Å²) in [7, 11) is 1.55. The largest absolute Gasteiger partial charge is 0.383 e. The van der Waals surface area contributed by atoms with Gasteiger partial charge in [0, 0.05) is 18.4 Å². The normalized spacial score (nSPS) is 17.9. The number of para-hydroxylation sites is 1. The molecule has 4 rings (SSSR count). The van der Waals surface area contributed by atoms with Crippen molar-refractivity contribution in [1.82, 2.24) is 4.90 Å². The first-order chi connectivity index (χ1) is 15.4. The van der Waals surface area contributed by atoms with Crippen LogP contribution in [0.4, 0.5) is 11.4 Å². The predicted molar refractivity (Wildman–Crippen MR) is 129 cm³/mol. The molecule has 9 heteroatoms. The van der Waals surface area contributed by atoms with Crippen LogP contribution in [-0.4, -0.2) is 53.7 Å². The van der Waals surface area contributed by atoms with Crippen molar-refractivity contribution in [3.8, 4) is 0 Å². The third kappa shape index (κ3) is 4.19. The fourth-order valence-corrected chi connectivity index (χ4v) is 4.94. The van der Waals surface area contributed by atoms with Crippen LogP contribution >= 0.6 is 24.0 Å². The maximum atomic E-state index is 13.4. The number of nitrogens with one attached hydrogen (secondary N) is 1. The first kappa shape index (κ1) is 22.2. The second kappa shape index (κ2) is 9.23. The number of carbonyl (C=O) groups is 3. The standard InChI is InChI=1S/C23H21N3O4S2/c1-14-7-9-15(10-8-14)24-18(27)13-26-17-6-4-3-5-16(17)19(21(26)28)20-22(29)25(11-12-30-2)23(31)32-20/h3-10H,11-13H2,1-2H3,(H,24,27). The van der Waals surface area contributed by atoms with Crippen molar-refractivity contribution in [2.45, 2.75) is 6.92 Å². The highest BCUT2D eigenvalue weighted by Crippen LogP contribution is 2.44. The van der Waals surface area contributed by atoms with E-state index in [4.69, 9.17) is 17.0 Å². The number of thiocarbonyl (C=S) groups is 1. The van der Waals surface area contributed by atoms with Gasteiger partial charge in [-0.1, -0.05) is 59.9 Å². The van der Waals surface area contributed by atoms with Crippen molar-refractivity contribution in [1.29, 1.82) is 0 Å². The molecule has 2 heterocycles. The molecule has 2 aliphatic heterocycles. The van der Waals surface area contributed by atoms with E-state index in [1.165, 1.54) is 9.80 Å². The average molecular weight is 468 g/mol. The van der Waals surface area contributed by atoms with Crippen LogP contribution in [0.15, 0.2) is 53.4 Å². The van der Waals surface area contributed by atoms with E-state index >= 15 is 0 Å². The Labute approximate surface area is 195 Å². The lowest BCUT2D eigenvalue weighted by atomic mass is 10.1. The van der Waals surface area contributed by atoms with Gasteiger partial charge in [0.25, 0.3) is 11.8 Å². The van der Waals surface area contributed by atoms with Gasteiger partial charge in [-0.25, -0.2) is 0 Å². The summed E-state index contributed by atoms with van der Waals surface area (Å²) >= 11 is 6.46. The Kier molecular flexibility index (Phi) is 6.40. The number of nitrogens with zero attached hydrogens (tertiary/aromatic N) is 2. The summed E-state index contributed by atoms with van der Waals surface area (Å²) < 4.78 is 5.44. The molecule has 2 aliphatic rings. The molecule has 0 radical (unpaired) electrons. The van der Waals surface area contributed by atoms with E-state index in [2.05, 4.69) is 5.32 Å². The van der Waals surface area contributed by atoms with Crippen molar-refractivity contribution in [3.63, 3.8) is 0 Å².